The number of hydrogen-bond donors (Lipinski definition) is 1. The molecule has 0 aliphatic carbocycles. The van der Waals surface area contributed by atoms with Crippen LogP contribution in [0.3, 0.4) is 0 Å². The van der Waals surface area contributed by atoms with Crippen molar-refractivity contribution in [3.63, 3.8) is 0 Å². The van der Waals surface area contributed by atoms with Gasteiger partial charge in [0, 0.05) is 31.2 Å². The zero-order valence-electron chi connectivity index (χ0n) is 12.1. The Morgan fingerprint density at radius 1 is 1.26 bits per heavy atom. The molecule has 1 N–H and O–H groups in total. The van der Waals surface area contributed by atoms with E-state index in [0.29, 0.717) is 30.4 Å². The van der Waals surface area contributed by atoms with Crippen LogP contribution in [0.5, 0.6) is 0 Å². The van der Waals surface area contributed by atoms with Crippen LogP contribution in [-0.4, -0.2) is 42.2 Å². The summed E-state index contributed by atoms with van der Waals surface area (Å²) < 4.78 is 18.4. The summed E-state index contributed by atoms with van der Waals surface area (Å²) in [5.74, 6) is -0.362. The minimum atomic E-state index is -0.539. The van der Waals surface area contributed by atoms with E-state index in [-0.39, 0.29) is 10.9 Å². The van der Waals surface area contributed by atoms with Crippen molar-refractivity contribution in [3.05, 3.63) is 47.0 Å². The van der Waals surface area contributed by atoms with Gasteiger partial charge >= 0.3 is 0 Å². The van der Waals surface area contributed by atoms with E-state index in [1.165, 1.54) is 30.6 Å². The maximum atomic E-state index is 13.1. The highest BCUT2D eigenvalue weighted by Gasteiger charge is 2.15. The fourth-order valence-corrected chi connectivity index (χ4v) is 2.32. The van der Waals surface area contributed by atoms with Crippen LogP contribution in [0.4, 0.5) is 16.0 Å². The predicted molar refractivity (Wildman–Crippen MR) is 84.4 cm³/mol. The number of halogens is 2. The van der Waals surface area contributed by atoms with Crippen molar-refractivity contribution in [2.24, 2.45) is 0 Å². The normalized spacial score (nSPS) is 14.6. The molecule has 1 aromatic carbocycles. The number of morpholine rings is 1. The number of anilines is 2. The first-order chi connectivity index (χ1) is 11.1. The van der Waals surface area contributed by atoms with Gasteiger partial charge in [-0.05, 0) is 18.2 Å². The smallest absolute Gasteiger partial charge is 0.258 e. The third-order valence-electron chi connectivity index (χ3n) is 3.37. The topological polar surface area (TPSA) is 67.4 Å². The highest BCUT2D eigenvalue weighted by molar-refractivity contribution is 6.31. The standard InChI is InChI=1S/C15H14ClFN4O2/c16-12-7-11(1-2-13(12)17)20-14(22)10-8-18-15(19-9-10)21-3-5-23-6-4-21/h1-2,7-9H,3-6H2,(H,20,22). The summed E-state index contributed by atoms with van der Waals surface area (Å²) in [6.07, 6.45) is 2.91. The summed E-state index contributed by atoms with van der Waals surface area (Å²) in [5.41, 5.74) is 0.709. The average Bonchev–Trinajstić information content (AvgIpc) is 2.59. The van der Waals surface area contributed by atoms with E-state index in [1.54, 1.807) is 0 Å². The number of nitrogens with zero attached hydrogens (tertiary/aromatic N) is 3. The molecule has 1 amide bonds. The Hall–Kier alpha value is -2.25. The number of rotatable bonds is 3. The second kappa shape index (κ2) is 6.89. The van der Waals surface area contributed by atoms with Crippen molar-refractivity contribution in [1.82, 2.24) is 9.97 Å². The number of carbonyl (C=O) groups is 1. The molecule has 0 unspecified atom stereocenters. The van der Waals surface area contributed by atoms with Crippen molar-refractivity contribution in [3.8, 4) is 0 Å². The quantitative estimate of drug-likeness (QED) is 0.932. The number of hydrogen-bond acceptors (Lipinski definition) is 5. The summed E-state index contributed by atoms with van der Waals surface area (Å²) in [7, 11) is 0. The van der Waals surface area contributed by atoms with Crippen molar-refractivity contribution in [2.45, 2.75) is 0 Å². The number of ether oxygens (including phenoxy) is 1. The summed E-state index contributed by atoms with van der Waals surface area (Å²) >= 11 is 5.68. The van der Waals surface area contributed by atoms with Gasteiger partial charge in [0.05, 0.1) is 23.8 Å². The van der Waals surface area contributed by atoms with E-state index in [2.05, 4.69) is 15.3 Å². The lowest BCUT2D eigenvalue weighted by atomic mass is 10.2. The summed E-state index contributed by atoms with van der Waals surface area (Å²) in [4.78, 5) is 22.5. The van der Waals surface area contributed by atoms with Gasteiger partial charge in [0.15, 0.2) is 0 Å². The number of carbonyl (C=O) groups excluding carboxylic acids is 1. The van der Waals surface area contributed by atoms with Crippen LogP contribution in [0.25, 0.3) is 0 Å². The second-order valence-electron chi connectivity index (χ2n) is 4.95. The monoisotopic (exact) mass is 336 g/mol. The van der Waals surface area contributed by atoms with Gasteiger partial charge in [-0.3, -0.25) is 4.79 Å². The number of aromatic nitrogens is 2. The molecule has 1 fully saturated rings. The zero-order valence-corrected chi connectivity index (χ0v) is 12.9. The lowest BCUT2D eigenvalue weighted by Gasteiger charge is -2.26. The maximum Gasteiger partial charge on any atom is 0.258 e. The van der Waals surface area contributed by atoms with Gasteiger partial charge in [-0.1, -0.05) is 11.6 Å². The molecule has 0 spiro atoms. The van der Waals surface area contributed by atoms with Gasteiger partial charge in [0.2, 0.25) is 5.95 Å². The van der Waals surface area contributed by atoms with Crippen molar-refractivity contribution in [2.75, 3.05) is 36.5 Å². The summed E-state index contributed by atoms with van der Waals surface area (Å²) in [6.45, 7) is 2.72. The Balaban J connectivity index is 1.68. The van der Waals surface area contributed by atoms with Crippen LogP contribution in [0.1, 0.15) is 10.4 Å². The molecule has 1 saturated heterocycles. The third kappa shape index (κ3) is 3.75. The van der Waals surface area contributed by atoms with Crippen LogP contribution < -0.4 is 10.2 Å². The lowest BCUT2D eigenvalue weighted by molar-refractivity contribution is 0.102. The molecule has 3 rings (SSSR count). The van der Waals surface area contributed by atoms with E-state index in [4.69, 9.17) is 16.3 Å². The molecule has 1 aliphatic rings. The average molecular weight is 337 g/mol. The van der Waals surface area contributed by atoms with Crippen LogP contribution >= 0.6 is 11.6 Å². The second-order valence-corrected chi connectivity index (χ2v) is 5.36. The van der Waals surface area contributed by atoms with E-state index in [9.17, 15) is 9.18 Å². The fourth-order valence-electron chi connectivity index (χ4n) is 2.14. The molecule has 0 saturated carbocycles. The molecule has 0 radical (unpaired) electrons. The minimum absolute atomic E-state index is 0.0540. The molecule has 2 heterocycles. The van der Waals surface area contributed by atoms with E-state index < -0.39 is 5.82 Å². The van der Waals surface area contributed by atoms with Gasteiger partial charge in [-0.2, -0.15) is 0 Å². The van der Waals surface area contributed by atoms with E-state index in [0.717, 1.165) is 13.1 Å². The Kier molecular flexibility index (Phi) is 4.68. The van der Waals surface area contributed by atoms with Gasteiger partial charge < -0.3 is 15.0 Å². The minimum Gasteiger partial charge on any atom is -0.378 e. The maximum absolute atomic E-state index is 13.1. The molecular weight excluding hydrogens is 323 g/mol. The Bertz CT molecular complexity index is 705. The van der Waals surface area contributed by atoms with Crippen LogP contribution in [0.2, 0.25) is 5.02 Å². The number of benzene rings is 1. The third-order valence-corrected chi connectivity index (χ3v) is 3.66. The largest absolute Gasteiger partial charge is 0.378 e. The molecular formula is C15H14ClFN4O2. The van der Waals surface area contributed by atoms with E-state index >= 15 is 0 Å². The van der Waals surface area contributed by atoms with Gasteiger partial charge in [-0.25, -0.2) is 14.4 Å². The highest BCUT2D eigenvalue weighted by Crippen LogP contribution is 2.20. The summed E-state index contributed by atoms with van der Waals surface area (Å²) in [6, 6.07) is 3.97. The Morgan fingerprint density at radius 2 is 1.96 bits per heavy atom. The first-order valence-corrected chi connectivity index (χ1v) is 7.42. The Labute approximate surface area is 137 Å². The van der Waals surface area contributed by atoms with Crippen LogP contribution in [0.15, 0.2) is 30.6 Å². The molecule has 0 atom stereocenters. The zero-order chi connectivity index (χ0) is 16.2. The molecule has 2 aromatic rings. The first kappa shape index (κ1) is 15.6. The molecule has 1 aromatic heterocycles. The van der Waals surface area contributed by atoms with Gasteiger partial charge in [0.25, 0.3) is 5.91 Å². The highest BCUT2D eigenvalue weighted by atomic mass is 35.5. The molecule has 120 valence electrons. The van der Waals surface area contributed by atoms with Crippen molar-refractivity contribution >= 4 is 29.1 Å². The first-order valence-electron chi connectivity index (χ1n) is 7.04. The molecule has 6 nitrogen and oxygen atoms in total. The predicted octanol–water partition coefficient (Wildman–Crippen LogP) is 2.36. The van der Waals surface area contributed by atoms with Crippen LogP contribution in [0, 0.1) is 5.82 Å². The van der Waals surface area contributed by atoms with Gasteiger partial charge in [-0.15, -0.1) is 0 Å². The molecule has 8 heteroatoms. The van der Waals surface area contributed by atoms with Crippen molar-refractivity contribution < 1.29 is 13.9 Å². The van der Waals surface area contributed by atoms with E-state index in [1.807, 2.05) is 4.90 Å². The van der Waals surface area contributed by atoms with Crippen molar-refractivity contribution in [1.29, 1.82) is 0 Å². The fraction of sp³-hybridized carbons (Fsp3) is 0.267. The number of nitrogens with one attached hydrogen (secondary N) is 1. The molecule has 0 bridgehead atoms. The molecule has 1 aliphatic heterocycles. The molecule has 23 heavy (non-hydrogen) atoms. The van der Waals surface area contributed by atoms with Crippen LogP contribution in [-0.2, 0) is 4.74 Å². The number of amides is 1. The lowest BCUT2D eigenvalue weighted by Crippen LogP contribution is -2.37. The van der Waals surface area contributed by atoms with Gasteiger partial charge in [0.1, 0.15) is 5.82 Å². The Morgan fingerprint density at radius 3 is 2.61 bits per heavy atom. The SMILES string of the molecule is O=C(Nc1ccc(F)c(Cl)c1)c1cnc(N2CCOCC2)nc1. The summed E-state index contributed by atoms with van der Waals surface area (Å²) in [5, 5.41) is 2.57.